The summed E-state index contributed by atoms with van der Waals surface area (Å²) < 4.78 is 2.03. The van der Waals surface area contributed by atoms with E-state index in [1.54, 1.807) is 0 Å². The van der Waals surface area contributed by atoms with Gasteiger partial charge in [-0.15, -0.1) is 0 Å². The van der Waals surface area contributed by atoms with E-state index in [4.69, 9.17) is 0 Å². The average molecular weight is 301 g/mol. The molecule has 5 heteroatoms. The maximum absolute atomic E-state index is 12.8. The molecule has 0 bridgehead atoms. The minimum absolute atomic E-state index is 0.0587. The van der Waals surface area contributed by atoms with Crippen molar-refractivity contribution in [1.29, 1.82) is 0 Å². The Balaban J connectivity index is 1.90. The first-order chi connectivity index (χ1) is 10.6. The van der Waals surface area contributed by atoms with Crippen LogP contribution in [0, 0.1) is 6.92 Å². The van der Waals surface area contributed by atoms with E-state index in [9.17, 15) is 9.90 Å². The normalized spacial score (nSPS) is 18.9. The first kappa shape index (κ1) is 15.0. The van der Waals surface area contributed by atoms with Gasteiger partial charge in [-0.25, -0.2) is 4.98 Å². The molecule has 0 spiro atoms. The number of carbonyl (C=O) groups excluding carboxylic acids is 1. The predicted octanol–water partition coefficient (Wildman–Crippen LogP) is 2.26. The number of aliphatic hydroxyl groups excluding tert-OH is 1. The van der Waals surface area contributed by atoms with Crippen LogP contribution >= 0.6 is 0 Å². The highest BCUT2D eigenvalue weighted by atomic mass is 16.3. The zero-order valence-corrected chi connectivity index (χ0v) is 13.2. The quantitative estimate of drug-likeness (QED) is 0.946. The van der Waals surface area contributed by atoms with Gasteiger partial charge in [0.25, 0.3) is 5.91 Å². The van der Waals surface area contributed by atoms with E-state index < -0.39 is 0 Å². The third kappa shape index (κ3) is 2.61. The molecule has 3 rings (SSSR count). The lowest BCUT2D eigenvalue weighted by molar-refractivity contribution is 0.0575. The molecule has 0 aliphatic carbocycles. The summed E-state index contributed by atoms with van der Waals surface area (Å²) in [6.45, 7) is 2.87. The molecule has 5 nitrogen and oxygen atoms in total. The number of amides is 1. The second-order valence-corrected chi connectivity index (χ2v) is 6.08. The van der Waals surface area contributed by atoms with Crippen molar-refractivity contribution >= 4 is 16.9 Å². The Kier molecular flexibility index (Phi) is 4.16. The Morgan fingerprint density at radius 3 is 3.00 bits per heavy atom. The highest BCUT2D eigenvalue weighted by Crippen LogP contribution is 2.23. The molecule has 22 heavy (non-hydrogen) atoms. The minimum atomic E-state index is 0.0587. The van der Waals surface area contributed by atoms with Crippen molar-refractivity contribution < 1.29 is 9.90 Å². The second-order valence-electron chi connectivity index (χ2n) is 6.08. The van der Waals surface area contributed by atoms with Crippen LogP contribution in [-0.2, 0) is 7.05 Å². The number of aryl methyl sites for hydroxylation is 2. The van der Waals surface area contributed by atoms with Crippen LogP contribution in [0.3, 0.4) is 0 Å². The Labute approximate surface area is 130 Å². The second kappa shape index (κ2) is 6.08. The third-order valence-electron chi connectivity index (χ3n) is 4.70. The van der Waals surface area contributed by atoms with Crippen LogP contribution in [0.25, 0.3) is 11.0 Å². The zero-order chi connectivity index (χ0) is 15.7. The maximum Gasteiger partial charge on any atom is 0.254 e. The van der Waals surface area contributed by atoms with Crippen molar-refractivity contribution in [2.24, 2.45) is 7.05 Å². The summed E-state index contributed by atoms with van der Waals surface area (Å²) in [5.74, 6) is 0.999. The molecular formula is C17H23N3O2. The van der Waals surface area contributed by atoms with Crippen molar-refractivity contribution in [1.82, 2.24) is 14.5 Å². The molecule has 1 fully saturated rings. The van der Waals surface area contributed by atoms with E-state index >= 15 is 0 Å². The summed E-state index contributed by atoms with van der Waals surface area (Å²) in [5.41, 5.74) is 2.59. The fourth-order valence-electron chi connectivity index (χ4n) is 3.34. The molecule has 118 valence electrons. The number of piperidine rings is 1. The fraction of sp³-hybridized carbons (Fsp3) is 0.529. The van der Waals surface area contributed by atoms with Crippen LogP contribution in [0.15, 0.2) is 18.2 Å². The minimum Gasteiger partial charge on any atom is -0.396 e. The van der Waals surface area contributed by atoms with Crippen LogP contribution in [0.5, 0.6) is 0 Å². The van der Waals surface area contributed by atoms with E-state index in [0.29, 0.717) is 12.0 Å². The van der Waals surface area contributed by atoms with E-state index in [1.807, 2.05) is 41.6 Å². The lowest BCUT2D eigenvalue weighted by Gasteiger charge is -2.35. The van der Waals surface area contributed by atoms with Crippen LogP contribution < -0.4 is 0 Å². The predicted molar refractivity (Wildman–Crippen MR) is 85.8 cm³/mol. The number of hydrogen-bond acceptors (Lipinski definition) is 3. The van der Waals surface area contributed by atoms with Gasteiger partial charge in [0.1, 0.15) is 5.82 Å². The standard InChI is InChI=1S/C17H23N3O2/c1-12-18-15-11-13(6-7-16(15)19(12)2)17(22)20-9-4-3-5-14(20)8-10-21/h6-7,11,14,21H,3-5,8-10H2,1-2H3. The van der Waals surface area contributed by atoms with E-state index in [-0.39, 0.29) is 18.6 Å². The van der Waals surface area contributed by atoms with Gasteiger partial charge in [0, 0.05) is 31.8 Å². The van der Waals surface area contributed by atoms with Crippen molar-refractivity contribution in [3.63, 3.8) is 0 Å². The summed E-state index contributed by atoms with van der Waals surface area (Å²) >= 11 is 0. The Morgan fingerprint density at radius 2 is 2.23 bits per heavy atom. The number of aromatic nitrogens is 2. The number of carbonyl (C=O) groups is 1. The van der Waals surface area contributed by atoms with E-state index in [0.717, 1.165) is 42.7 Å². The molecule has 1 unspecified atom stereocenters. The summed E-state index contributed by atoms with van der Waals surface area (Å²) in [6, 6.07) is 5.90. The number of likely N-dealkylation sites (tertiary alicyclic amines) is 1. The molecule has 1 saturated heterocycles. The zero-order valence-electron chi connectivity index (χ0n) is 13.2. The molecule has 2 heterocycles. The van der Waals surface area contributed by atoms with E-state index in [2.05, 4.69) is 4.98 Å². The van der Waals surface area contributed by atoms with Crippen LogP contribution in [0.2, 0.25) is 0 Å². The number of hydrogen-bond donors (Lipinski definition) is 1. The van der Waals surface area contributed by atoms with Crippen LogP contribution in [0.4, 0.5) is 0 Å². The smallest absolute Gasteiger partial charge is 0.254 e. The number of imidazole rings is 1. The first-order valence-corrected chi connectivity index (χ1v) is 7.96. The van der Waals surface area contributed by atoms with Crippen LogP contribution in [0.1, 0.15) is 41.9 Å². The number of fused-ring (bicyclic) bond motifs is 1. The Bertz CT molecular complexity index is 691. The molecule has 2 aromatic rings. The third-order valence-corrected chi connectivity index (χ3v) is 4.70. The van der Waals surface area contributed by atoms with Crippen molar-refractivity contribution in [2.75, 3.05) is 13.2 Å². The van der Waals surface area contributed by atoms with Crippen molar-refractivity contribution in [3.05, 3.63) is 29.6 Å². The molecule has 1 N–H and O–H groups in total. The van der Waals surface area contributed by atoms with Gasteiger partial charge in [0.2, 0.25) is 0 Å². The molecule has 1 aliphatic rings. The van der Waals surface area contributed by atoms with Gasteiger partial charge in [0.15, 0.2) is 0 Å². The van der Waals surface area contributed by atoms with E-state index in [1.165, 1.54) is 0 Å². The number of nitrogens with zero attached hydrogens (tertiary/aromatic N) is 3. The molecule has 0 radical (unpaired) electrons. The largest absolute Gasteiger partial charge is 0.396 e. The maximum atomic E-state index is 12.8. The molecular weight excluding hydrogens is 278 g/mol. The summed E-state index contributed by atoms with van der Waals surface area (Å²) in [4.78, 5) is 19.3. The highest BCUT2D eigenvalue weighted by molar-refractivity contribution is 5.97. The van der Waals surface area contributed by atoms with Gasteiger partial charge in [-0.3, -0.25) is 4.79 Å². The van der Waals surface area contributed by atoms with Gasteiger partial charge in [-0.05, 0) is 50.8 Å². The molecule has 1 aromatic heterocycles. The SMILES string of the molecule is Cc1nc2cc(C(=O)N3CCCCC3CCO)ccc2n1C. The lowest BCUT2D eigenvalue weighted by Crippen LogP contribution is -2.44. The van der Waals surface area contributed by atoms with Crippen LogP contribution in [-0.4, -0.2) is 44.7 Å². The summed E-state index contributed by atoms with van der Waals surface area (Å²) in [7, 11) is 1.98. The average Bonchev–Trinajstić information content (AvgIpc) is 2.82. The first-order valence-electron chi connectivity index (χ1n) is 7.96. The molecule has 1 amide bonds. The van der Waals surface area contributed by atoms with Gasteiger partial charge in [0.05, 0.1) is 11.0 Å². The number of rotatable bonds is 3. The van der Waals surface area contributed by atoms with Crippen molar-refractivity contribution in [3.8, 4) is 0 Å². The molecule has 1 atom stereocenters. The van der Waals surface area contributed by atoms with Gasteiger partial charge >= 0.3 is 0 Å². The van der Waals surface area contributed by atoms with Crippen molar-refractivity contribution in [2.45, 2.75) is 38.6 Å². The molecule has 1 aliphatic heterocycles. The number of aliphatic hydroxyl groups is 1. The van der Waals surface area contributed by atoms with Gasteiger partial charge < -0.3 is 14.6 Å². The number of benzene rings is 1. The summed E-state index contributed by atoms with van der Waals surface area (Å²) in [6.07, 6.45) is 3.82. The fourth-order valence-corrected chi connectivity index (χ4v) is 3.34. The Morgan fingerprint density at radius 1 is 1.41 bits per heavy atom. The highest BCUT2D eigenvalue weighted by Gasteiger charge is 2.27. The van der Waals surface area contributed by atoms with Gasteiger partial charge in [-0.2, -0.15) is 0 Å². The Hall–Kier alpha value is -1.88. The lowest BCUT2D eigenvalue weighted by atomic mass is 9.98. The topological polar surface area (TPSA) is 58.4 Å². The monoisotopic (exact) mass is 301 g/mol. The summed E-state index contributed by atoms with van der Waals surface area (Å²) in [5, 5.41) is 9.21. The molecule has 0 saturated carbocycles. The molecule has 1 aromatic carbocycles. The van der Waals surface area contributed by atoms with Gasteiger partial charge in [-0.1, -0.05) is 0 Å².